The van der Waals surface area contributed by atoms with E-state index in [1.165, 1.54) is 4.57 Å². The number of carbonyl (C=O) groups is 1. The van der Waals surface area contributed by atoms with E-state index in [9.17, 15) is 14.7 Å². The van der Waals surface area contributed by atoms with Crippen LogP contribution in [0.3, 0.4) is 0 Å². The van der Waals surface area contributed by atoms with Crippen LogP contribution in [-0.2, 0) is 23.0 Å². The summed E-state index contributed by atoms with van der Waals surface area (Å²) >= 11 is 0. The number of carbonyl (C=O) groups excluding carboxylic acids is 1. The van der Waals surface area contributed by atoms with Gasteiger partial charge in [0, 0.05) is 36.4 Å². The lowest BCUT2D eigenvalue weighted by Crippen LogP contribution is -2.29. The first-order valence-electron chi connectivity index (χ1n) is 9.28. The van der Waals surface area contributed by atoms with Gasteiger partial charge in [0.25, 0.3) is 5.56 Å². The number of esters is 1. The highest BCUT2D eigenvalue weighted by Gasteiger charge is 2.33. The molecule has 0 bridgehead atoms. The van der Waals surface area contributed by atoms with E-state index in [0.717, 1.165) is 18.4 Å². The topological polar surface area (TPSA) is 68.5 Å². The molecule has 0 atom stereocenters. The van der Waals surface area contributed by atoms with E-state index in [4.69, 9.17) is 4.74 Å². The van der Waals surface area contributed by atoms with Gasteiger partial charge in [0.15, 0.2) is 0 Å². The third-order valence-electron chi connectivity index (χ3n) is 4.52. The lowest BCUT2D eigenvalue weighted by Gasteiger charge is -2.25. The van der Waals surface area contributed by atoms with Gasteiger partial charge in [-0.1, -0.05) is 30.8 Å². The maximum Gasteiger partial charge on any atom is 0.339 e. The minimum absolute atomic E-state index is 0.145. The number of nitrogens with zero attached hydrogens (tertiary/aromatic N) is 1. The van der Waals surface area contributed by atoms with E-state index >= 15 is 0 Å². The van der Waals surface area contributed by atoms with Crippen molar-refractivity contribution in [2.75, 3.05) is 0 Å². The van der Waals surface area contributed by atoms with Crippen LogP contribution < -0.4 is 5.56 Å². The molecule has 5 heteroatoms. The molecule has 146 valence electrons. The molecule has 0 fully saturated rings. The zero-order chi connectivity index (χ0) is 20.6. The Morgan fingerprint density at radius 1 is 1.33 bits per heavy atom. The molecule has 0 aliphatic heterocycles. The summed E-state index contributed by atoms with van der Waals surface area (Å²) in [7, 11) is 1.66. The van der Waals surface area contributed by atoms with Crippen LogP contribution in [0.15, 0.2) is 16.6 Å². The normalized spacial score (nSPS) is 13.9. The van der Waals surface area contributed by atoms with Gasteiger partial charge in [-0.15, -0.1) is 0 Å². The first-order chi connectivity index (χ1) is 12.4. The van der Waals surface area contributed by atoms with Crippen molar-refractivity contribution in [3.05, 3.63) is 38.8 Å². The maximum absolute atomic E-state index is 13.0. The molecule has 1 N–H and O–H groups in total. The summed E-state index contributed by atoms with van der Waals surface area (Å²) in [5, 5.41) is 9.94. The van der Waals surface area contributed by atoms with Crippen LogP contribution in [0.4, 0.5) is 0 Å². The number of ether oxygens (including phenoxy) is 1. The summed E-state index contributed by atoms with van der Waals surface area (Å²) in [6, 6.07) is 0. The fourth-order valence-corrected chi connectivity index (χ4v) is 3.36. The molecule has 0 aromatic carbocycles. The molecule has 1 aliphatic rings. The third kappa shape index (κ3) is 4.70. The first-order valence-corrected chi connectivity index (χ1v) is 9.28. The van der Waals surface area contributed by atoms with Crippen molar-refractivity contribution < 1.29 is 14.6 Å². The smallest absolute Gasteiger partial charge is 0.339 e. The van der Waals surface area contributed by atoms with E-state index in [1.54, 1.807) is 27.1 Å². The van der Waals surface area contributed by atoms with Crippen LogP contribution in [0.2, 0.25) is 0 Å². The van der Waals surface area contributed by atoms with Gasteiger partial charge < -0.3 is 14.4 Å². The molecule has 2 rings (SSSR count). The van der Waals surface area contributed by atoms with Gasteiger partial charge in [-0.05, 0) is 41.0 Å². The molecule has 0 amide bonds. The Bertz CT molecular complexity index is 915. The first kappa shape index (κ1) is 21.0. The Morgan fingerprint density at radius 2 is 1.96 bits per heavy atom. The Morgan fingerprint density at radius 3 is 2.52 bits per heavy atom. The number of hydrogen-bond acceptors (Lipinski definition) is 4. The van der Waals surface area contributed by atoms with Gasteiger partial charge in [-0.2, -0.15) is 0 Å². The summed E-state index contributed by atoms with van der Waals surface area (Å²) in [4.78, 5) is 25.6. The molecule has 27 heavy (non-hydrogen) atoms. The molecule has 1 heterocycles. The molecule has 0 saturated heterocycles. The van der Waals surface area contributed by atoms with Gasteiger partial charge in [-0.3, -0.25) is 4.79 Å². The van der Waals surface area contributed by atoms with Gasteiger partial charge in [0.05, 0.1) is 5.57 Å². The maximum atomic E-state index is 13.0. The summed E-state index contributed by atoms with van der Waals surface area (Å²) in [5.41, 5.74) is 0.967. The number of fused-ring (bicyclic) bond motifs is 1. The molecule has 0 spiro atoms. The van der Waals surface area contributed by atoms with Crippen molar-refractivity contribution in [2.45, 2.75) is 72.0 Å². The van der Waals surface area contributed by atoms with E-state index in [1.807, 2.05) is 27.7 Å². The van der Waals surface area contributed by atoms with Gasteiger partial charge in [0.1, 0.15) is 11.2 Å². The van der Waals surface area contributed by atoms with Crippen molar-refractivity contribution >= 4 is 11.5 Å². The monoisotopic (exact) mass is 371 g/mol. The fourth-order valence-electron chi connectivity index (χ4n) is 3.36. The van der Waals surface area contributed by atoms with Crippen molar-refractivity contribution in [3.8, 4) is 11.8 Å². The van der Waals surface area contributed by atoms with Crippen molar-refractivity contribution in [1.82, 2.24) is 4.57 Å². The van der Waals surface area contributed by atoms with Crippen LogP contribution in [0.5, 0.6) is 0 Å². The second kappa shape index (κ2) is 7.36. The number of aromatic nitrogens is 1. The highest BCUT2D eigenvalue weighted by atomic mass is 16.6. The Labute approximate surface area is 161 Å². The summed E-state index contributed by atoms with van der Waals surface area (Å²) in [5.74, 6) is 5.29. The van der Waals surface area contributed by atoms with E-state index < -0.39 is 17.2 Å². The van der Waals surface area contributed by atoms with Crippen LogP contribution in [-0.4, -0.2) is 26.8 Å². The largest absolute Gasteiger partial charge is 0.456 e. The Hall–Kier alpha value is -2.32. The predicted octanol–water partition coefficient (Wildman–Crippen LogP) is 2.96. The second-order valence-corrected chi connectivity index (χ2v) is 8.35. The fraction of sp³-hybridized carbons (Fsp3) is 0.545. The molecule has 1 aromatic heterocycles. The van der Waals surface area contributed by atoms with Gasteiger partial charge in [-0.25, -0.2) is 4.79 Å². The molecule has 1 aliphatic carbocycles. The quantitative estimate of drug-likeness (QED) is 0.653. The Balaban J connectivity index is 2.59. The predicted molar refractivity (Wildman–Crippen MR) is 106 cm³/mol. The van der Waals surface area contributed by atoms with Crippen LogP contribution in [0, 0.1) is 11.8 Å². The number of rotatable bonds is 4. The highest BCUT2D eigenvalue weighted by Crippen LogP contribution is 2.35. The van der Waals surface area contributed by atoms with E-state index in [0.29, 0.717) is 28.7 Å². The van der Waals surface area contributed by atoms with Gasteiger partial charge >= 0.3 is 5.97 Å². The van der Waals surface area contributed by atoms with Crippen LogP contribution >= 0.6 is 0 Å². The molecule has 5 nitrogen and oxygen atoms in total. The molecule has 0 saturated carbocycles. The number of hydrogen-bond donors (Lipinski definition) is 1. The van der Waals surface area contributed by atoms with Crippen molar-refractivity contribution in [2.24, 2.45) is 7.05 Å². The van der Waals surface area contributed by atoms with Crippen molar-refractivity contribution in [1.29, 1.82) is 0 Å². The van der Waals surface area contributed by atoms with Crippen LogP contribution in [0.1, 0.15) is 71.1 Å². The zero-order valence-electron chi connectivity index (χ0n) is 17.3. The number of aliphatic hydroxyl groups is 1. The third-order valence-corrected chi connectivity index (χ3v) is 4.52. The number of aryl methyl sites for hydroxylation is 1. The average Bonchev–Trinajstić information content (AvgIpc) is 2.85. The number of allylic oxidation sites excluding steroid dienone is 1. The summed E-state index contributed by atoms with van der Waals surface area (Å²) < 4.78 is 7.22. The average molecular weight is 371 g/mol. The van der Waals surface area contributed by atoms with E-state index in [2.05, 4.69) is 11.8 Å². The van der Waals surface area contributed by atoms with Gasteiger partial charge in [0.2, 0.25) is 0 Å². The lowest BCUT2D eigenvalue weighted by atomic mass is 9.99. The minimum atomic E-state index is -1.18. The molecule has 0 radical (unpaired) electrons. The SMILES string of the molecule is CCCC(C)(C)OC(=O)C1=C(C)Cc2c1c(C#CC(C)(C)O)cn(C)c2=O. The van der Waals surface area contributed by atoms with E-state index in [-0.39, 0.29) is 5.56 Å². The summed E-state index contributed by atoms with van der Waals surface area (Å²) in [6.45, 7) is 10.8. The second-order valence-electron chi connectivity index (χ2n) is 8.35. The number of pyridine rings is 1. The lowest BCUT2D eigenvalue weighted by molar-refractivity contribution is -0.149. The molecular formula is C22H29NO4. The van der Waals surface area contributed by atoms with Crippen molar-refractivity contribution in [3.63, 3.8) is 0 Å². The summed E-state index contributed by atoms with van der Waals surface area (Å²) in [6.07, 6.45) is 3.67. The zero-order valence-corrected chi connectivity index (χ0v) is 17.3. The Kier molecular flexibility index (Phi) is 5.72. The molecular weight excluding hydrogens is 342 g/mol. The molecule has 1 aromatic rings. The minimum Gasteiger partial charge on any atom is -0.456 e. The highest BCUT2D eigenvalue weighted by molar-refractivity contribution is 6.20. The van der Waals surface area contributed by atoms with Crippen LogP contribution in [0.25, 0.3) is 5.57 Å². The standard InChI is InChI=1S/C22H29NO4/c1-8-10-22(5,6)27-20(25)17-14(2)12-16-18(17)15(9-11-21(3,4)26)13-23(7)19(16)24/h13,26H,8,10,12H2,1-7H3. The molecule has 0 unspecified atom stereocenters.